The van der Waals surface area contributed by atoms with Gasteiger partial charge in [-0.3, -0.25) is 4.99 Å². The Hall–Kier alpha value is -2.99. The molecule has 0 spiro atoms. The maximum Gasteiger partial charge on any atom is 0.206 e. The highest BCUT2D eigenvalue weighted by atomic mass is 32.1. The van der Waals surface area contributed by atoms with Gasteiger partial charge in [-0.2, -0.15) is 5.10 Å². The van der Waals surface area contributed by atoms with Gasteiger partial charge in [-0.05, 0) is 31.2 Å². The molecule has 6 heteroatoms. The van der Waals surface area contributed by atoms with Crippen molar-refractivity contribution < 1.29 is 9.50 Å². The highest BCUT2D eigenvalue weighted by molar-refractivity contribution is 7.07. The van der Waals surface area contributed by atoms with Crippen molar-refractivity contribution in [2.45, 2.75) is 6.92 Å². The lowest BCUT2D eigenvalue weighted by Gasteiger charge is -2.08. The van der Waals surface area contributed by atoms with Gasteiger partial charge in [0.2, 0.25) is 4.80 Å². The van der Waals surface area contributed by atoms with Crippen molar-refractivity contribution in [1.82, 2.24) is 4.68 Å². The third-order valence-corrected chi connectivity index (χ3v) is 4.59. The van der Waals surface area contributed by atoms with E-state index in [9.17, 15) is 9.50 Å². The summed E-state index contributed by atoms with van der Waals surface area (Å²) in [6, 6.07) is 13.5. The first-order valence-electron chi connectivity index (χ1n) is 8.02. The van der Waals surface area contributed by atoms with Crippen molar-refractivity contribution in [2.24, 2.45) is 10.1 Å². The van der Waals surface area contributed by atoms with Gasteiger partial charge in [0.1, 0.15) is 11.6 Å². The van der Waals surface area contributed by atoms with Crippen LogP contribution in [0.4, 0.5) is 4.39 Å². The average Bonchev–Trinajstić information content (AvgIpc) is 3.03. The van der Waals surface area contributed by atoms with Crippen LogP contribution >= 0.6 is 11.3 Å². The largest absolute Gasteiger partial charge is 0.507 e. The second-order valence-electron chi connectivity index (χ2n) is 5.53. The van der Waals surface area contributed by atoms with Crippen molar-refractivity contribution in [3.8, 4) is 17.0 Å². The molecule has 132 valence electrons. The molecule has 2 aromatic carbocycles. The molecule has 0 unspecified atom stereocenters. The molecule has 3 rings (SSSR count). The van der Waals surface area contributed by atoms with Crippen LogP contribution in [-0.2, 0) is 0 Å². The first kappa shape index (κ1) is 17.8. The first-order chi connectivity index (χ1) is 12.6. The Morgan fingerprint density at radius 3 is 2.69 bits per heavy atom. The Labute approximate surface area is 154 Å². The molecule has 0 bridgehead atoms. The standard InChI is InChI=1S/C20H18FN3OS/c1-3-12-22-20-24(23-14(2)15-8-5-7-11-19(15)25)18(13-26-20)16-9-4-6-10-17(16)21/h3-11,13,25H,1,12H2,2H3. The summed E-state index contributed by atoms with van der Waals surface area (Å²) in [5, 5.41) is 16.5. The van der Waals surface area contributed by atoms with Gasteiger partial charge in [-0.15, -0.1) is 17.9 Å². The Bertz CT molecular complexity index is 1030. The summed E-state index contributed by atoms with van der Waals surface area (Å²) in [7, 11) is 0. The van der Waals surface area contributed by atoms with Crippen LogP contribution in [0.15, 0.2) is 76.7 Å². The van der Waals surface area contributed by atoms with E-state index in [2.05, 4.69) is 16.7 Å². The van der Waals surface area contributed by atoms with E-state index in [1.165, 1.54) is 17.4 Å². The Balaban J connectivity index is 2.20. The molecule has 1 aromatic heterocycles. The number of phenolic OH excluding ortho intramolecular Hbond substituents is 1. The number of para-hydroxylation sites is 1. The van der Waals surface area contributed by atoms with Crippen LogP contribution < -0.4 is 4.80 Å². The maximum absolute atomic E-state index is 14.3. The third-order valence-electron chi connectivity index (χ3n) is 3.73. The molecule has 0 aliphatic rings. The van der Waals surface area contributed by atoms with Crippen LogP contribution in [0, 0.1) is 5.82 Å². The molecule has 0 aliphatic heterocycles. The van der Waals surface area contributed by atoms with E-state index in [0.29, 0.717) is 33.9 Å². The minimum absolute atomic E-state index is 0.140. The molecule has 4 nitrogen and oxygen atoms in total. The molecular formula is C20H18FN3OS. The van der Waals surface area contributed by atoms with Gasteiger partial charge in [0.15, 0.2) is 0 Å². The lowest BCUT2D eigenvalue weighted by atomic mass is 10.1. The van der Waals surface area contributed by atoms with Gasteiger partial charge >= 0.3 is 0 Å². The summed E-state index contributed by atoms with van der Waals surface area (Å²) in [6.07, 6.45) is 1.69. The second kappa shape index (κ2) is 7.93. The molecule has 0 saturated heterocycles. The fourth-order valence-corrected chi connectivity index (χ4v) is 3.32. The van der Waals surface area contributed by atoms with E-state index in [1.807, 2.05) is 11.4 Å². The SMILES string of the molecule is C=CCN=c1scc(-c2ccccc2F)n1N=C(C)c1ccccc1O. The minimum atomic E-state index is -0.329. The first-order valence-corrected chi connectivity index (χ1v) is 8.90. The molecular weight excluding hydrogens is 349 g/mol. The summed E-state index contributed by atoms with van der Waals surface area (Å²) in [4.78, 5) is 5.06. The van der Waals surface area contributed by atoms with E-state index >= 15 is 0 Å². The third kappa shape index (κ3) is 3.65. The fourth-order valence-electron chi connectivity index (χ4n) is 2.48. The van der Waals surface area contributed by atoms with Gasteiger partial charge in [0.05, 0.1) is 18.0 Å². The van der Waals surface area contributed by atoms with Crippen molar-refractivity contribution in [3.63, 3.8) is 0 Å². The highest BCUT2D eigenvalue weighted by Gasteiger charge is 2.13. The number of aromatic hydroxyl groups is 1. The predicted molar refractivity (Wildman–Crippen MR) is 104 cm³/mol. The monoisotopic (exact) mass is 367 g/mol. The molecule has 0 aliphatic carbocycles. The zero-order valence-corrected chi connectivity index (χ0v) is 15.1. The summed E-state index contributed by atoms with van der Waals surface area (Å²) in [5.41, 5.74) is 2.25. The molecule has 26 heavy (non-hydrogen) atoms. The molecule has 0 amide bonds. The van der Waals surface area contributed by atoms with Gasteiger partial charge in [0, 0.05) is 16.5 Å². The van der Waals surface area contributed by atoms with Gasteiger partial charge in [-0.1, -0.05) is 30.3 Å². The Morgan fingerprint density at radius 1 is 1.23 bits per heavy atom. The number of hydrogen-bond acceptors (Lipinski definition) is 4. The number of rotatable bonds is 5. The molecule has 0 radical (unpaired) electrons. The number of halogens is 1. The topological polar surface area (TPSA) is 49.9 Å². The van der Waals surface area contributed by atoms with Crippen LogP contribution in [-0.4, -0.2) is 22.0 Å². The van der Waals surface area contributed by atoms with Crippen molar-refractivity contribution in [2.75, 3.05) is 6.54 Å². The number of hydrogen-bond donors (Lipinski definition) is 1. The van der Waals surface area contributed by atoms with Crippen LogP contribution in [0.5, 0.6) is 5.75 Å². The number of aromatic nitrogens is 1. The van der Waals surface area contributed by atoms with E-state index in [0.717, 1.165) is 0 Å². The van der Waals surface area contributed by atoms with E-state index in [4.69, 9.17) is 0 Å². The smallest absolute Gasteiger partial charge is 0.206 e. The average molecular weight is 367 g/mol. The fraction of sp³-hybridized carbons (Fsp3) is 0.100. The summed E-state index contributed by atoms with van der Waals surface area (Å²) >= 11 is 1.37. The molecule has 1 N–H and O–H groups in total. The zero-order valence-electron chi connectivity index (χ0n) is 14.3. The number of thiazole rings is 1. The molecule has 3 aromatic rings. The normalized spacial score (nSPS) is 12.4. The van der Waals surface area contributed by atoms with E-state index < -0.39 is 0 Å². The predicted octanol–water partition coefficient (Wildman–Crippen LogP) is 4.42. The summed E-state index contributed by atoms with van der Waals surface area (Å²) < 4.78 is 15.9. The van der Waals surface area contributed by atoms with E-state index in [-0.39, 0.29) is 11.6 Å². The second-order valence-corrected chi connectivity index (χ2v) is 6.36. The minimum Gasteiger partial charge on any atom is -0.507 e. The van der Waals surface area contributed by atoms with Crippen molar-refractivity contribution in [1.29, 1.82) is 0 Å². The molecule has 0 fully saturated rings. The van der Waals surface area contributed by atoms with Gasteiger partial charge in [-0.25, -0.2) is 9.07 Å². The summed E-state index contributed by atoms with van der Waals surface area (Å²) in [5.74, 6) is -0.189. The number of phenols is 1. The summed E-state index contributed by atoms with van der Waals surface area (Å²) in [6.45, 7) is 5.90. The van der Waals surface area contributed by atoms with Gasteiger partial charge < -0.3 is 5.11 Å². The van der Waals surface area contributed by atoms with Crippen molar-refractivity contribution >= 4 is 17.0 Å². The maximum atomic E-state index is 14.3. The highest BCUT2D eigenvalue weighted by Crippen LogP contribution is 2.24. The van der Waals surface area contributed by atoms with Gasteiger partial charge in [0.25, 0.3) is 0 Å². The van der Waals surface area contributed by atoms with Crippen LogP contribution in [0.3, 0.4) is 0 Å². The zero-order chi connectivity index (χ0) is 18.5. The van der Waals surface area contributed by atoms with Crippen LogP contribution in [0.25, 0.3) is 11.3 Å². The van der Waals surface area contributed by atoms with Crippen molar-refractivity contribution in [3.05, 3.63) is 82.7 Å². The Kier molecular flexibility index (Phi) is 5.43. The number of nitrogens with zero attached hydrogens (tertiary/aromatic N) is 3. The lowest BCUT2D eigenvalue weighted by molar-refractivity contribution is 0.474. The Morgan fingerprint density at radius 2 is 1.96 bits per heavy atom. The molecule has 0 atom stereocenters. The van der Waals surface area contributed by atoms with E-state index in [1.54, 1.807) is 54.1 Å². The molecule has 0 saturated carbocycles. The molecule has 1 heterocycles. The number of benzene rings is 2. The van der Waals surface area contributed by atoms with Crippen LogP contribution in [0.1, 0.15) is 12.5 Å². The lowest BCUT2D eigenvalue weighted by Crippen LogP contribution is -2.15. The quantitative estimate of drug-likeness (QED) is 0.527. The van der Waals surface area contributed by atoms with Crippen LogP contribution in [0.2, 0.25) is 0 Å².